The van der Waals surface area contributed by atoms with Crippen LogP contribution in [0.4, 0.5) is 17.5 Å². The molecule has 0 aliphatic heterocycles. The highest BCUT2D eigenvalue weighted by molar-refractivity contribution is 5.63. The van der Waals surface area contributed by atoms with Crippen LogP contribution in [0.2, 0.25) is 0 Å². The largest absolute Gasteiger partial charge is 0.380 e. The van der Waals surface area contributed by atoms with E-state index in [-0.39, 0.29) is 0 Å². The normalized spacial score (nSPS) is 10.4. The van der Waals surface area contributed by atoms with E-state index in [2.05, 4.69) is 27.5 Å². The van der Waals surface area contributed by atoms with Crippen molar-refractivity contribution in [3.05, 3.63) is 41.6 Å². The van der Waals surface area contributed by atoms with Crippen molar-refractivity contribution in [2.75, 3.05) is 24.3 Å². The van der Waals surface area contributed by atoms with E-state index in [0.717, 1.165) is 35.6 Å². The van der Waals surface area contributed by atoms with Gasteiger partial charge >= 0.3 is 0 Å². The summed E-state index contributed by atoms with van der Waals surface area (Å²) in [6.07, 6.45) is 2.86. The number of benzene rings is 1. The molecule has 0 amide bonds. The van der Waals surface area contributed by atoms with E-state index in [1.54, 1.807) is 7.11 Å². The average molecular weight is 286 g/mol. The molecule has 2 N–H and O–H groups in total. The number of hydrogen-bond acceptors (Lipinski definition) is 5. The number of hydrogen-bond donors (Lipinski definition) is 2. The van der Waals surface area contributed by atoms with Gasteiger partial charge in [-0.2, -0.15) is 4.98 Å². The fraction of sp³-hybridized carbons (Fsp3) is 0.375. The quantitative estimate of drug-likeness (QED) is 0.816. The fourth-order valence-corrected chi connectivity index (χ4v) is 1.94. The number of nitrogens with one attached hydrogen (secondary N) is 2. The van der Waals surface area contributed by atoms with E-state index in [1.807, 2.05) is 37.4 Å². The zero-order valence-corrected chi connectivity index (χ0v) is 12.8. The molecule has 0 saturated heterocycles. The molecular weight excluding hydrogens is 264 g/mol. The van der Waals surface area contributed by atoms with Crippen LogP contribution in [-0.2, 0) is 11.3 Å². The van der Waals surface area contributed by atoms with Gasteiger partial charge in [0.25, 0.3) is 0 Å². The summed E-state index contributed by atoms with van der Waals surface area (Å²) in [5, 5.41) is 6.57. The van der Waals surface area contributed by atoms with Crippen LogP contribution in [0.15, 0.2) is 30.5 Å². The second-order valence-electron chi connectivity index (χ2n) is 4.87. The number of rotatable bonds is 7. The third-order valence-corrected chi connectivity index (χ3v) is 3.08. The predicted octanol–water partition coefficient (Wildman–Crippen LogP) is 3.50. The Hall–Kier alpha value is -2.14. The molecule has 0 bridgehead atoms. The first-order valence-electron chi connectivity index (χ1n) is 7.16. The Morgan fingerprint density at radius 1 is 1.24 bits per heavy atom. The molecule has 0 saturated carbocycles. The number of anilines is 3. The Kier molecular flexibility index (Phi) is 5.51. The Bertz CT molecular complexity index is 586. The van der Waals surface area contributed by atoms with Gasteiger partial charge in [0.1, 0.15) is 5.82 Å². The van der Waals surface area contributed by atoms with E-state index in [4.69, 9.17) is 4.74 Å². The average Bonchev–Trinajstić information content (AvgIpc) is 2.50. The molecule has 2 rings (SSSR count). The zero-order valence-electron chi connectivity index (χ0n) is 12.8. The van der Waals surface area contributed by atoms with Gasteiger partial charge in [-0.3, -0.25) is 0 Å². The van der Waals surface area contributed by atoms with E-state index >= 15 is 0 Å². The molecule has 5 nitrogen and oxygen atoms in total. The third-order valence-electron chi connectivity index (χ3n) is 3.08. The number of ether oxygens (including phenoxy) is 1. The number of aromatic nitrogens is 2. The highest BCUT2D eigenvalue weighted by Gasteiger charge is 2.07. The van der Waals surface area contributed by atoms with Crippen LogP contribution in [0.1, 0.15) is 24.5 Å². The first kappa shape index (κ1) is 15.3. The Morgan fingerprint density at radius 2 is 2.05 bits per heavy atom. The van der Waals surface area contributed by atoms with Crippen molar-refractivity contribution < 1.29 is 4.74 Å². The molecule has 1 heterocycles. The van der Waals surface area contributed by atoms with Crippen molar-refractivity contribution in [3.63, 3.8) is 0 Å². The van der Waals surface area contributed by atoms with Crippen LogP contribution >= 0.6 is 0 Å². The molecule has 0 aliphatic rings. The monoisotopic (exact) mass is 286 g/mol. The fourth-order valence-electron chi connectivity index (χ4n) is 1.94. The minimum Gasteiger partial charge on any atom is -0.380 e. The molecule has 21 heavy (non-hydrogen) atoms. The van der Waals surface area contributed by atoms with Crippen LogP contribution < -0.4 is 10.6 Å². The van der Waals surface area contributed by atoms with E-state index in [0.29, 0.717) is 12.6 Å². The number of nitrogens with zero attached hydrogens (tertiary/aromatic N) is 2. The number of aryl methyl sites for hydroxylation is 1. The van der Waals surface area contributed by atoms with Crippen molar-refractivity contribution in [2.24, 2.45) is 0 Å². The van der Waals surface area contributed by atoms with Crippen LogP contribution in [0.3, 0.4) is 0 Å². The molecule has 0 aliphatic carbocycles. The molecule has 2 aromatic rings. The molecule has 0 atom stereocenters. The van der Waals surface area contributed by atoms with Gasteiger partial charge in [0.05, 0.1) is 6.61 Å². The summed E-state index contributed by atoms with van der Waals surface area (Å²) < 4.78 is 5.23. The lowest BCUT2D eigenvalue weighted by molar-refractivity contribution is 0.185. The number of methoxy groups -OCH3 is 1. The highest BCUT2D eigenvalue weighted by Crippen LogP contribution is 2.23. The van der Waals surface area contributed by atoms with Crippen LogP contribution in [-0.4, -0.2) is 23.6 Å². The van der Waals surface area contributed by atoms with Gasteiger partial charge in [-0.1, -0.05) is 25.1 Å². The van der Waals surface area contributed by atoms with Crippen molar-refractivity contribution in [1.29, 1.82) is 0 Å². The standard InChI is InChI=1S/C16H22N4O/c1-4-9-17-16-18-10-12(2)15(20-16)19-14-8-6-5-7-13(14)11-21-3/h5-8,10H,4,9,11H2,1-3H3,(H2,17,18,19,20). The lowest BCUT2D eigenvalue weighted by atomic mass is 10.2. The highest BCUT2D eigenvalue weighted by atomic mass is 16.5. The second-order valence-corrected chi connectivity index (χ2v) is 4.87. The SMILES string of the molecule is CCCNc1ncc(C)c(Nc2ccccc2COC)n1. The van der Waals surface area contributed by atoms with Crippen molar-refractivity contribution in [3.8, 4) is 0 Å². The number of para-hydroxylation sites is 1. The Morgan fingerprint density at radius 3 is 2.81 bits per heavy atom. The summed E-state index contributed by atoms with van der Waals surface area (Å²) in [4.78, 5) is 8.82. The van der Waals surface area contributed by atoms with Gasteiger partial charge in [0, 0.05) is 36.7 Å². The molecule has 112 valence electrons. The van der Waals surface area contributed by atoms with Gasteiger partial charge in [-0.05, 0) is 19.4 Å². The maximum Gasteiger partial charge on any atom is 0.224 e. The summed E-state index contributed by atoms with van der Waals surface area (Å²) in [6, 6.07) is 8.06. The van der Waals surface area contributed by atoms with E-state index in [1.165, 1.54) is 0 Å². The van der Waals surface area contributed by atoms with Gasteiger partial charge in [-0.15, -0.1) is 0 Å². The molecule has 0 fully saturated rings. The summed E-state index contributed by atoms with van der Waals surface area (Å²) in [6.45, 7) is 5.53. The van der Waals surface area contributed by atoms with Gasteiger partial charge < -0.3 is 15.4 Å². The summed E-state index contributed by atoms with van der Waals surface area (Å²) in [7, 11) is 1.69. The Labute approximate surface area is 125 Å². The molecule has 0 radical (unpaired) electrons. The molecule has 1 aromatic carbocycles. The maximum atomic E-state index is 5.23. The van der Waals surface area contributed by atoms with E-state index < -0.39 is 0 Å². The summed E-state index contributed by atoms with van der Waals surface area (Å²) in [5.41, 5.74) is 3.10. The maximum absolute atomic E-state index is 5.23. The molecule has 5 heteroatoms. The van der Waals surface area contributed by atoms with Crippen LogP contribution in [0.25, 0.3) is 0 Å². The van der Waals surface area contributed by atoms with Crippen LogP contribution in [0.5, 0.6) is 0 Å². The molecule has 1 aromatic heterocycles. The van der Waals surface area contributed by atoms with Crippen molar-refractivity contribution in [2.45, 2.75) is 26.9 Å². The lowest BCUT2D eigenvalue weighted by Crippen LogP contribution is -2.07. The first-order chi connectivity index (χ1) is 10.2. The summed E-state index contributed by atoms with van der Waals surface area (Å²) >= 11 is 0. The molecule has 0 unspecified atom stereocenters. The second kappa shape index (κ2) is 7.59. The van der Waals surface area contributed by atoms with Gasteiger partial charge in [0.2, 0.25) is 5.95 Å². The first-order valence-corrected chi connectivity index (χ1v) is 7.16. The molecule has 0 spiro atoms. The van der Waals surface area contributed by atoms with Crippen LogP contribution in [0, 0.1) is 6.92 Å². The van der Waals surface area contributed by atoms with Gasteiger partial charge in [-0.25, -0.2) is 4.98 Å². The predicted molar refractivity (Wildman–Crippen MR) is 86.0 cm³/mol. The Balaban J connectivity index is 2.22. The topological polar surface area (TPSA) is 59.1 Å². The minimum absolute atomic E-state index is 0.564. The summed E-state index contributed by atoms with van der Waals surface area (Å²) in [5.74, 6) is 1.46. The third kappa shape index (κ3) is 4.16. The minimum atomic E-state index is 0.564. The smallest absolute Gasteiger partial charge is 0.224 e. The van der Waals surface area contributed by atoms with Crippen molar-refractivity contribution in [1.82, 2.24) is 9.97 Å². The zero-order chi connectivity index (χ0) is 15.1. The van der Waals surface area contributed by atoms with Gasteiger partial charge in [0.15, 0.2) is 0 Å². The lowest BCUT2D eigenvalue weighted by Gasteiger charge is -2.13. The van der Waals surface area contributed by atoms with Crippen molar-refractivity contribution >= 4 is 17.5 Å². The molecular formula is C16H22N4O. The van der Waals surface area contributed by atoms with E-state index in [9.17, 15) is 0 Å².